The molecule has 0 atom stereocenters. The van der Waals surface area contributed by atoms with Crippen molar-refractivity contribution in [1.29, 1.82) is 0 Å². The van der Waals surface area contributed by atoms with Gasteiger partial charge in [-0.3, -0.25) is 4.79 Å². The number of Topliss-reactive ketones (excluding diaryl/α,β-unsaturated/α-hetero) is 1. The van der Waals surface area contributed by atoms with Crippen LogP contribution in [0.4, 0.5) is 0 Å². The minimum atomic E-state index is 0.370. The standard InChI is InChI=1S/C19H16O/c1-12-10-19-16-9-7-14(20)11-13(16)6-8-18(19)17-5-3-2-4-15(12)17/h2-6,8,10H,7,9,11H2,1H3. The molecule has 0 aliphatic heterocycles. The molecule has 0 saturated carbocycles. The van der Waals surface area contributed by atoms with E-state index in [1.54, 1.807) is 0 Å². The van der Waals surface area contributed by atoms with Crippen LogP contribution in [0.2, 0.25) is 0 Å². The summed E-state index contributed by atoms with van der Waals surface area (Å²) < 4.78 is 0. The third kappa shape index (κ3) is 1.59. The van der Waals surface area contributed by atoms with Gasteiger partial charge in [-0.05, 0) is 51.6 Å². The minimum Gasteiger partial charge on any atom is -0.299 e. The maximum atomic E-state index is 11.6. The van der Waals surface area contributed by atoms with E-state index in [1.165, 1.54) is 38.2 Å². The van der Waals surface area contributed by atoms with Gasteiger partial charge < -0.3 is 0 Å². The molecule has 1 nitrogen and oxygen atoms in total. The quantitative estimate of drug-likeness (QED) is 0.549. The van der Waals surface area contributed by atoms with E-state index in [0.717, 1.165) is 6.42 Å². The lowest BCUT2D eigenvalue weighted by Gasteiger charge is -2.19. The van der Waals surface area contributed by atoms with E-state index in [-0.39, 0.29) is 0 Å². The molecular formula is C19H16O. The summed E-state index contributed by atoms with van der Waals surface area (Å²) in [5.41, 5.74) is 3.93. The Bertz CT molecular complexity index is 858. The molecule has 1 aliphatic rings. The van der Waals surface area contributed by atoms with Gasteiger partial charge in [0.2, 0.25) is 0 Å². The van der Waals surface area contributed by atoms with Crippen molar-refractivity contribution in [1.82, 2.24) is 0 Å². The second-order valence-electron chi connectivity index (χ2n) is 5.75. The molecule has 3 aromatic rings. The van der Waals surface area contributed by atoms with Crippen molar-refractivity contribution in [2.45, 2.75) is 26.2 Å². The number of benzene rings is 3. The van der Waals surface area contributed by atoms with Crippen molar-refractivity contribution >= 4 is 27.3 Å². The summed E-state index contributed by atoms with van der Waals surface area (Å²) in [6, 6.07) is 15.2. The van der Waals surface area contributed by atoms with E-state index in [2.05, 4.69) is 49.4 Å². The highest BCUT2D eigenvalue weighted by molar-refractivity contribution is 6.10. The summed E-state index contributed by atoms with van der Waals surface area (Å²) in [7, 11) is 0. The molecule has 0 heterocycles. The number of fused-ring (bicyclic) bond motifs is 5. The number of carbonyl (C=O) groups is 1. The highest BCUT2D eigenvalue weighted by Gasteiger charge is 2.18. The van der Waals surface area contributed by atoms with Crippen LogP contribution in [0.3, 0.4) is 0 Å². The summed E-state index contributed by atoms with van der Waals surface area (Å²) in [6.45, 7) is 2.18. The molecule has 3 aromatic carbocycles. The number of hydrogen-bond acceptors (Lipinski definition) is 1. The fourth-order valence-corrected chi connectivity index (χ4v) is 3.49. The molecule has 20 heavy (non-hydrogen) atoms. The van der Waals surface area contributed by atoms with E-state index in [4.69, 9.17) is 0 Å². The third-order valence-electron chi connectivity index (χ3n) is 4.50. The summed E-state index contributed by atoms with van der Waals surface area (Å²) in [5, 5.41) is 5.31. The Morgan fingerprint density at radius 3 is 2.45 bits per heavy atom. The van der Waals surface area contributed by atoms with E-state index >= 15 is 0 Å². The van der Waals surface area contributed by atoms with Gasteiger partial charge in [0, 0.05) is 12.8 Å². The summed E-state index contributed by atoms with van der Waals surface area (Å²) in [5.74, 6) is 0.370. The predicted octanol–water partition coefficient (Wildman–Crippen LogP) is 4.36. The van der Waals surface area contributed by atoms with Gasteiger partial charge in [0.25, 0.3) is 0 Å². The monoisotopic (exact) mass is 260 g/mol. The lowest BCUT2D eigenvalue weighted by Crippen LogP contribution is -2.13. The van der Waals surface area contributed by atoms with Crippen LogP contribution in [-0.4, -0.2) is 5.78 Å². The fourth-order valence-electron chi connectivity index (χ4n) is 3.49. The zero-order chi connectivity index (χ0) is 13.7. The number of rotatable bonds is 0. The van der Waals surface area contributed by atoms with Crippen LogP contribution in [0.25, 0.3) is 21.5 Å². The first-order chi connectivity index (χ1) is 9.74. The largest absolute Gasteiger partial charge is 0.299 e. The Labute approximate surface area is 118 Å². The minimum absolute atomic E-state index is 0.370. The Balaban J connectivity index is 2.14. The zero-order valence-electron chi connectivity index (χ0n) is 11.6. The van der Waals surface area contributed by atoms with E-state index in [1.807, 2.05) is 0 Å². The molecule has 0 N–H and O–H groups in total. The van der Waals surface area contributed by atoms with Gasteiger partial charge in [-0.25, -0.2) is 0 Å². The van der Waals surface area contributed by atoms with Crippen LogP contribution in [-0.2, 0) is 17.6 Å². The molecule has 1 heteroatoms. The second-order valence-corrected chi connectivity index (χ2v) is 5.75. The van der Waals surface area contributed by atoms with Crippen LogP contribution in [0.1, 0.15) is 23.1 Å². The Morgan fingerprint density at radius 2 is 1.60 bits per heavy atom. The molecule has 0 aromatic heterocycles. The van der Waals surface area contributed by atoms with E-state index < -0.39 is 0 Å². The van der Waals surface area contributed by atoms with Gasteiger partial charge in [0.05, 0.1) is 0 Å². The van der Waals surface area contributed by atoms with Crippen LogP contribution >= 0.6 is 0 Å². The van der Waals surface area contributed by atoms with Gasteiger partial charge in [0.1, 0.15) is 5.78 Å². The van der Waals surface area contributed by atoms with Gasteiger partial charge >= 0.3 is 0 Å². The van der Waals surface area contributed by atoms with Gasteiger partial charge in [0.15, 0.2) is 0 Å². The van der Waals surface area contributed by atoms with Crippen LogP contribution in [0.5, 0.6) is 0 Å². The van der Waals surface area contributed by atoms with E-state index in [9.17, 15) is 4.79 Å². The second kappa shape index (κ2) is 4.17. The fraction of sp³-hybridized carbons (Fsp3) is 0.211. The summed E-state index contributed by atoms with van der Waals surface area (Å²) in [6.07, 6.45) is 2.19. The number of carbonyl (C=O) groups excluding carboxylic acids is 1. The van der Waals surface area contributed by atoms with Gasteiger partial charge in [-0.1, -0.05) is 42.5 Å². The molecule has 1 aliphatic carbocycles. The lowest BCUT2D eigenvalue weighted by atomic mass is 9.85. The molecule has 4 rings (SSSR count). The highest BCUT2D eigenvalue weighted by Crippen LogP contribution is 2.34. The van der Waals surface area contributed by atoms with E-state index in [0.29, 0.717) is 18.6 Å². The van der Waals surface area contributed by atoms with Crippen molar-refractivity contribution in [2.24, 2.45) is 0 Å². The molecule has 0 spiro atoms. The average Bonchev–Trinajstić information content (AvgIpc) is 2.47. The lowest BCUT2D eigenvalue weighted by molar-refractivity contribution is -0.118. The van der Waals surface area contributed by atoms with Crippen molar-refractivity contribution < 1.29 is 4.79 Å². The normalized spacial score (nSPS) is 14.8. The van der Waals surface area contributed by atoms with Crippen LogP contribution in [0.15, 0.2) is 42.5 Å². The first-order valence-corrected chi connectivity index (χ1v) is 7.18. The first kappa shape index (κ1) is 11.7. The Morgan fingerprint density at radius 1 is 0.850 bits per heavy atom. The average molecular weight is 260 g/mol. The summed E-state index contributed by atoms with van der Waals surface area (Å²) in [4.78, 5) is 11.6. The number of hydrogen-bond donors (Lipinski definition) is 0. The molecule has 0 bridgehead atoms. The smallest absolute Gasteiger partial charge is 0.137 e. The molecule has 98 valence electrons. The predicted molar refractivity (Wildman–Crippen MR) is 83.2 cm³/mol. The van der Waals surface area contributed by atoms with Crippen LogP contribution < -0.4 is 0 Å². The third-order valence-corrected chi connectivity index (χ3v) is 4.50. The maximum Gasteiger partial charge on any atom is 0.137 e. The van der Waals surface area contributed by atoms with Gasteiger partial charge in [-0.15, -0.1) is 0 Å². The molecule has 0 amide bonds. The summed E-state index contributed by atoms with van der Waals surface area (Å²) >= 11 is 0. The highest BCUT2D eigenvalue weighted by atomic mass is 16.1. The Kier molecular flexibility index (Phi) is 2.43. The van der Waals surface area contributed by atoms with Crippen LogP contribution in [0, 0.1) is 6.92 Å². The Hall–Kier alpha value is -2.15. The SMILES string of the molecule is Cc1cc2c3c(ccc2c2ccccc12)CC(=O)CC3. The zero-order valence-corrected chi connectivity index (χ0v) is 11.6. The molecule has 0 radical (unpaired) electrons. The van der Waals surface area contributed by atoms with Crippen molar-refractivity contribution in [3.8, 4) is 0 Å². The molecule has 0 unspecified atom stereocenters. The molecular weight excluding hydrogens is 244 g/mol. The first-order valence-electron chi connectivity index (χ1n) is 7.18. The van der Waals surface area contributed by atoms with Crippen molar-refractivity contribution in [3.05, 3.63) is 59.2 Å². The molecule has 0 fully saturated rings. The molecule has 0 saturated heterocycles. The van der Waals surface area contributed by atoms with Crippen molar-refractivity contribution in [3.63, 3.8) is 0 Å². The van der Waals surface area contributed by atoms with Crippen molar-refractivity contribution in [2.75, 3.05) is 0 Å². The number of aryl methyl sites for hydroxylation is 2. The number of ketones is 1. The maximum absolute atomic E-state index is 11.6. The van der Waals surface area contributed by atoms with Gasteiger partial charge in [-0.2, -0.15) is 0 Å². The topological polar surface area (TPSA) is 17.1 Å².